The summed E-state index contributed by atoms with van der Waals surface area (Å²) in [6.07, 6.45) is 3.29. The first-order chi connectivity index (χ1) is 14.0. The van der Waals surface area contributed by atoms with Gasteiger partial charge in [-0.25, -0.2) is 0 Å². The molecule has 7 heteroatoms. The highest BCUT2D eigenvalue weighted by Gasteiger charge is 2.46. The van der Waals surface area contributed by atoms with Gasteiger partial charge in [-0.1, -0.05) is 18.2 Å². The third-order valence-corrected chi connectivity index (χ3v) is 6.24. The van der Waals surface area contributed by atoms with Crippen LogP contribution in [-0.2, 0) is 4.79 Å². The van der Waals surface area contributed by atoms with E-state index in [2.05, 4.69) is 20.4 Å². The second kappa shape index (κ2) is 7.89. The number of rotatable bonds is 4. The smallest absolute Gasteiger partial charge is 0.254 e. The Kier molecular flexibility index (Phi) is 5.30. The normalized spacial score (nSPS) is 22.7. The largest absolute Gasteiger partial charge is 0.355 e. The number of piperidine rings is 1. The molecule has 3 heterocycles. The van der Waals surface area contributed by atoms with Crippen molar-refractivity contribution in [3.05, 3.63) is 47.7 Å². The van der Waals surface area contributed by atoms with E-state index in [1.54, 1.807) is 4.90 Å². The summed E-state index contributed by atoms with van der Waals surface area (Å²) in [5, 5.41) is 10.5. The Morgan fingerprint density at radius 1 is 1.17 bits per heavy atom. The highest BCUT2D eigenvalue weighted by molar-refractivity contribution is 5.99. The molecule has 0 saturated carbocycles. The Morgan fingerprint density at radius 2 is 1.90 bits per heavy atom. The molecule has 2 aliphatic heterocycles. The molecule has 2 N–H and O–H groups in total. The first-order valence-corrected chi connectivity index (χ1v) is 10.4. The Morgan fingerprint density at radius 3 is 2.55 bits per heavy atom. The molecule has 1 aromatic heterocycles. The van der Waals surface area contributed by atoms with E-state index in [0.29, 0.717) is 18.5 Å². The number of hydrogen-bond donors (Lipinski definition) is 2. The molecule has 1 atom stereocenters. The lowest BCUT2D eigenvalue weighted by atomic mass is 9.95. The van der Waals surface area contributed by atoms with Crippen molar-refractivity contribution in [2.24, 2.45) is 0 Å². The molecule has 2 amide bonds. The van der Waals surface area contributed by atoms with Crippen molar-refractivity contribution >= 4 is 17.6 Å². The number of likely N-dealkylation sites (tertiary alicyclic amines) is 1. The zero-order valence-corrected chi connectivity index (χ0v) is 17.1. The second-order valence-electron chi connectivity index (χ2n) is 8.34. The fourth-order valence-corrected chi connectivity index (χ4v) is 4.42. The van der Waals surface area contributed by atoms with Gasteiger partial charge in [-0.3, -0.25) is 14.7 Å². The van der Waals surface area contributed by atoms with E-state index in [9.17, 15) is 9.59 Å². The predicted octanol–water partition coefficient (Wildman–Crippen LogP) is 2.50. The molecule has 2 aliphatic rings. The van der Waals surface area contributed by atoms with Gasteiger partial charge in [-0.05, 0) is 51.7 Å². The van der Waals surface area contributed by atoms with Crippen LogP contribution in [0, 0.1) is 6.92 Å². The molecule has 2 aromatic rings. The van der Waals surface area contributed by atoms with Crippen LogP contribution >= 0.6 is 0 Å². The second-order valence-corrected chi connectivity index (χ2v) is 8.34. The minimum absolute atomic E-state index is 0.0339. The minimum atomic E-state index is -0.788. The highest BCUT2D eigenvalue weighted by atomic mass is 16.2. The number of nitrogens with one attached hydrogen (secondary N) is 2. The summed E-state index contributed by atoms with van der Waals surface area (Å²) in [6, 6.07) is 11.4. The number of nitrogens with zero attached hydrogens (tertiary/aromatic N) is 3. The third kappa shape index (κ3) is 3.86. The van der Waals surface area contributed by atoms with Gasteiger partial charge >= 0.3 is 0 Å². The zero-order valence-electron chi connectivity index (χ0n) is 17.1. The van der Waals surface area contributed by atoms with Gasteiger partial charge in [0.1, 0.15) is 5.54 Å². The zero-order chi connectivity index (χ0) is 20.4. The van der Waals surface area contributed by atoms with Gasteiger partial charge in [-0.2, -0.15) is 5.10 Å². The van der Waals surface area contributed by atoms with Crippen LogP contribution in [0.1, 0.15) is 48.7 Å². The van der Waals surface area contributed by atoms with Crippen LogP contribution in [0.15, 0.2) is 36.4 Å². The molecule has 0 aliphatic carbocycles. The Hall–Kier alpha value is -2.83. The summed E-state index contributed by atoms with van der Waals surface area (Å²) >= 11 is 0. The van der Waals surface area contributed by atoms with E-state index in [1.165, 1.54) is 0 Å². The average molecular weight is 396 g/mol. The molecule has 0 spiro atoms. The fourth-order valence-electron chi connectivity index (χ4n) is 4.42. The maximum Gasteiger partial charge on any atom is 0.254 e. The van der Waals surface area contributed by atoms with Crippen LogP contribution in [0.2, 0.25) is 0 Å². The predicted molar refractivity (Wildman–Crippen MR) is 112 cm³/mol. The summed E-state index contributed by atoms with van der Waals surface area (Å²) in [7, 11) is 0. The maximum atomic E-state index is 13.2. The van der Waals surface area contributed by atoms with Crippen molar-refractivity contribution < 1.29 is 9.59 Å². The van der Waals surface area contributed by atoms with E-state index >= 15 is 0 Å². The molecule has 2 fully saturated rings. The minimum Gasteiger partial charge on any atom is -0.355 e. The van der Waals surface area contributed by atoms with Crippen LogP contribution in [0.25, 0.3) is 0 Å². The molecule has 0 radical (unpaired) electrons. The number of amides is 2. The van der Waals surface area contributed by atoms with Crippen molar-refractivity contribution in [2.75, 3.05) is 24.5 Å². The molecule has 154 valence electrons. The molecule has 7 nitrogen and oxygen atoms in total. The van der Waals surface area contributed by atoms with Crippen LogP contribution < -0.4 is 10.2 Å². The quantitative estimate of drug-likeness (QED) is 0.833. The van der Waals surface area contributed by atoms with E-state index in [-0.39, 0.29) is 17.9 Å². The highest BCUT2D eigenvalue weighted by Crippen LogP contribution is 2.31. The third-order valence-electron chi connectivity index (χ3n) is 6.24. The molecular formula is C22H29N5O2. The Bertz CT molecular complexity index is 872. The first-order valence-electron chi connectivity index (χ1n) is 10.4. The molecule has 1 aromatic carbocycles. The number of aromatic amines is 1. The number of aryl methyl sites for hydroxylation is 1. The number of carbonyl (C=O) groups is 2. The first kappa shape index (κ1) is 19.5. The molecule has 29 heavy (non-hydrogen) atoms. The van der Waals surface area contributed by atoms with E-state index in [4.69, 9.17) is 0 Å². The summed E-state index contributed by atoms with van der Waals surface area (Å²) in [5.41, 5.74) is 0.896. The van der Waals surface area contributed by atoms with Gasteiger partial charge in [0.15, 0.2) is 5.82 Å². The topological polar surface area (TPSA) is 81.3 Å². The SMILES string of the molecule is Cc1cc(N2CCC(NC(=O)C3(C)CCCN3C(=O)c3ccccc3)CC2)n[nH]1. The van der Waals surface area contributed by atoms with Crippen LogP contribution in [-0.4, -0.2) is 58.1 Å². The van der Waals surface area contributed by atoms with Gasteiger partial charge in [0.25, 0.3) is 5.91 Å². The van der Waals surface area contributed by atoms with Gasteiger partial charge in [0.2, 0.25) is 5.91 Å². The summed E-state index contributed by atoms with van der Waals surface area (Å²) in [5.74, 6) is 0.868. The van der Waals surface area contributed by atoms with E-state index in [0.717, 1.165) is 43.9 Å². The number of anilines is 1. The van der Waals surface area contributed by atoms with E-state index < -0.39 is 5.54 Å². The lowest BCUT2D eigenvalue weighted by molar-refractivity contribution is -0.130. The van der Waals surface area contributed by atoms with Gasteiger partial charge in [0.05, 0.1) is 0 Å². The van der Waals surface area contributed by atoms with Crippen molar-refractivity contribution in [3.8, 4) is 0 Å². The molecular weight excluding hydrogens is 366 g/mol. The number of carbonyl (C=O) groups excluding carboxylic acids is 2. The van der Waals surface area contributed by atoms with Crippen LogP contribution in [0.5, 0.6) is 0 Å². The fraction of sp³-hybridized carbons (Fsp3) is 0.500. The summed E-state index contributed by atoms with van der Waals surface area (Å²) in [4.78, 5) is 30.2. The molecule has 0 bridgehead atoms. The van der Waals surface area contributed by atoms with Gasteiger partial charge in [-0.15, -0.1) is 0 Å². The molecule has 1 unspecified atom stereocenters. The average Bonchev–Trinajstić information content (AvgIpc) is 3.35. The number of hydrogen-bond acceptors (Lipinski definition) is 4. The van der Waals surface area contributed by atoms with Crippen molar-refractivity contribution in [2.45, 2.75) is 51.1 Å². The molecule has 4 rings (SSSR count). The van der Waals surface area contributed by atoms with Crippen molar-refractivity contribution in [1.82, 2.24) is 20.4 Å². The standard InChI is InChI=1S/C22H29N5O2/c1-16-15-19(25-24-16)26-13-9-18(10-14-26)23-21(29)22(2)11-6-12-27(22)20(28)17-7-4-3-5-8-17/h3-5,7-8,15,18H,6,9-14H2,1-2H3,(H,23,29)(H,24,25). The Balaban J connectivity index is 1.38. The monoisotopic (exact) mass is 395 g/mol. The summed E-state index contributed by atoms with van der Waals surface area (Å²) in [6.45, 7) is 6.23. The van der Waals surface area contributed by atoms with Crippen molar-refractivity contribution in [1.29, 1.82) is 0 Å². The molecule has 2 saturated heterocycles. The number of benzene rings is 1. The Labute approximate surface area is 171 Å². The van der Waals surface area contributed by atoms with Gasteiger partial charge < -0.3 is 15.1 Å². The van der Waals surface area contributed by atoms with Crippen LogP contribution in [0.3, 0.4) is 0 Å². The number of H-pyrrole nitrogens is 1. The van der Waals surface area contributed by atoms with Crippen molar-refractivity contribution in [3.63, 3.8) is 0 Å². The lowest BCUT2D eigenvalue weighted by Crippen LogP contribution is -2.58. The van der Waals surface area contributed by atoms with Crippen LogP contribution in [0.4, 0.5) is 5.82 Å². The summed E-state index contributed by atoms with van der Waals surface area (Å²) < 4.78 is 0. The van der Waals surface area contributed by atoms with E-state index in [1.807, 2.05) is 50.2 Å². The number of aromatic nitrogens is 2. The maximum absolute atomic E-state index is 13.2. The van der Waals surface area contributed by atoms with Gasteiger partial charge in [0, 0.05) is 43.0 Å². The lowest BCUT2D eigenvalue weighted by Gasteiger charge is -2.37.